The fraction of sp³-hybridized carbons (Fsp3) is 0.421. The van der Waals surface area contributed by atoms with Crippen LogP contribution in [0.3, 0.4) is 0 Å². The zero-order valence-electron chi connectivity index (χ0n) is 15.3. The third-order valence-corrected chi connectivity index (χ3v) is 5.87. The first-order valence-corrected chi connectivity index (χ1v) is 9.80. The summed E-state index contributed by atoms with van der Waals surface area (Å²) in [6, 6.07) is 9.85. The molecule has 2 aromatic heterocycles. The standard InChI is InChI=1S/C19H23N5OS/c1-13(2)24-17(25)8-7-16(21-24)22-9-11-23(12-10-22)19-20-18-14(3)5-4-6-15(18)26-19/h4-8,13H,9-12H2,1-3H3. The lowest BCUT2D eigenvalue weighted by Gasteiger charge is -2.35. The Morgan fingerprint density at radius 1 is 1.04 bits per heavy atom. The van der Waals surface area contributed by atoms with Gasteiger partial charge in [-0.05, 0) is 38.5 Å². The largest absolute Gasteiger partial charge is 0.352 e. The number of para-hydroxylation sites is 1. The molecule has 1 aromatic carbocycles. The first-order valence-electron chi connectivity index (χ1n) is 8.99. The third kappa shape index (κ3) is 3.07. The zero-order valence-corrected chi connectivity index (χ0v) is 16.2. The molecular formula is C19H23N5OS. The molecule has 136 valence electrons. The number of hydrogen-bond acceptors (Lipinski definition) is 6. The van der Waals surface area contributed by atoms with Crippen molar-refractivity contribution in [1.29, 1.82) is 0 Å². The highest BCUT2D eigenvalue weighted by molar-refractivity contribution is 7.22. The zero-order chi connectivity index (χ0) is 18.3. The highest BCUT2D eigenvalue weighted by Gasteiger charge is 2.21. The Morgan fingerprint density at radius 2 is 1.77 bits per heavy atom. The SMILES string of the molecule is Cc1cccc2sc(N3CCN(c4ccc(=O)n(C(C)C)n4)CC3)nc12. The molecule has 26 heavy (non-hydrogen) atoms. The van der Waals surface area contributed by atoms with Gasteiger partial charge in [-0.3, -0.25) is 4.79 Å². The Bertz CT molecular complexity index is 985. The quantitative estimate of drug-likeness (QED) is 0.710. The summed E-state index contributed by atoms with van der Waals surface area (Å²) in [6.07, 6.45) is 0. The van der Waals surface area contributed by atoms with Crippen LogP contribution in [-0.4, -0.2) is 40.9 Å². The molecule has 0 aliphatic carbocycles. The molecule has 0 N–H and O–H groups in total. The summed E-state index contributed by atoms with van der Waals surface area (Å²) in [5, 5.41) is 5.63. The van der Waals surface area contributed by atoms with Gasteiger partial charge >= 0.3 is 0 Å². The lowest BCUT2D eigenvalue weighted by Crippen LogP contribution is -2.47. The van der Waals surface area contributed by atoms with Crippen molar-refractivity contribution in [3.05, 3.63) is 46.2 Å². The maximum Gasteiger partial charge on any atom is 0.267 e. The van der Waals surface area contributed by atoms with E-state index in [0.29, 0.717) is 0 Å². The first kappa shape index (κ1) is 17.0. The molecule has 0 bridgehead atoms. The lowest BCUT2D eigenvalue weighted by atomic mass is 10.2. The van der Waals surface area contributed by atoms with Crippen LogP contribution in [0.25, 0.3) is 10.2 Å². The highest BCUT2D eigenvalue weighted by atomic mass is 32.1. The van der Waals surface area contributed by atoms with Gasteiger partial charge in [-0.15, -0.1) is 0 Å². The Kier molecular flexibility index (Phi) is 4.40. The Labute approximate surface area is 156 Å². The molecule has 1 fully saturated rings. The number of anilines is 2. The van der Waals surface area contributed by atoms with Crippen molar-refractivity contribution in [2.24, 2.45) is 0 Å². The maximum atomic E-state index is 11.9. The number of thiazole rings is 1. The number of fused-ring (bicyclic) bond motifs is 1. The number of rotatable bonds is 3. The molecule has 7 heteroatoms. The van der Waals surface area contributed by atoms with Gasteiger partial charge in [-0.1, -0.05) is 23.5 Å². The summed E-state index contributed by atoms with van der Waals surface area (Å²) in [5.74, 6) is 0.873. The summed E-state index contributed by atoms with van der Waals surface area (Å²) in [6.45, 7) is 9.62. The van der Waals surface area contributed by atoms with Gasteiger partial charge in [0.15, 0.2) is 5.13 Å². The van der Waals surface area contributed by atoms with Crippen LogP contribution >= 0.6 is 11.3 Å². The number of benzene rings is 1. The topological polar surface area (TPSA) is 54.3 Å². The normalized spacial score (nSPS) is 15.2. The van der Waals surface area contributed by atoms with Gasteiger partial charge in [0.05, 0.1) is 16.3 Å². The molecule has 0 saturated carbocycles. The molecule has 1 aliphatic heterocycles. The van der Waals surface area contributed by atoms with Crippen LogP contribution in [-0.2, 0) is 0 Å². The van der Waals surface area contributed by atoms with E-state index in [1.807, 2.05) is 19.9 Å². The Morgan fingerprint density at radius 3 is 2.46 bits per heavy atom. The number of aromatic nitrogens is 3. The second kappa shape index (κ2) is 6.72. The van der Waals surface area contributed by atoms with Gasteiger partial charge in [-0.25, -0.2) is 9.67 Å². The van der Waals surface area contributed by atoms with Crippen LogP contribution in [0.2, 0.25) is 0 Å². The van der Waals surface area contributed by atoms with E-state index < -0.39 is 0 Å². The van der Waals surface area contributed by atoms with Crippen molar-refractivity contribution in [3.8, 4) is 0 Å². The second-order valence-electron chi connectivity index (χ2n) is 6.96. The molecule has 1 saturated heterocycles. The van der Waals surface area contributed by atoms with Crippen LogP contribution in [0.4, 0.5) is 10.9 Å². The number of hydrogen-bond donors (Lipinski definition) is 0. The first-order chi connectivity index (χ1) is 12.5. The summed E-state index contributed by atoms with van der Waals surface area (Å²) in [5.41, 5.74) is 2.29. The Balaban J connectivity index is 1.51. The van der Waals surface area contributed by atoms with Crippen LogP contribution in [0, 0.1) is 6.92 Å². The van der Waals surface area contributed by atoms with Gasteiger partial charge in [-0.2, -0.15) is 5.10 Å². The molecule has 0 atom stereocenters. The fourth-order valence-corrected chi connectivity index (χ4v) is 4.39. The monoisotopic (exact) mass is 369 g/mol. The molecule has 1 aliphatic rings. The van der Waals surface area contributed by atoms with E-state index in [4.69, 9.17) is 4.98 Å². The van der Waals surface area contributed by atoms with Crippen LogP contribution in [0.5, 0.6) is 0 Å². The van der Waals surface area contributed by atoms with Crippen LogP contribution in [0.15, 0.2) is 35.1 Å². The minimum Gasteiger partial charge on any atom is -0.352 e. The van der Waals surface area contributed by atoms with Crippen molar-refractivity contribution < 1.29 is 0 Å². The van der Waals surface area contributed by atoms with E-state index in [9.17, 15) is 4.79 Å². The van der Waals surface area contributed by atoms with E-state index in [0.717, 1.165) is 42.6 Å². The van der Waals surface area contributed by atoms with Gasteiger partial charge in [0, 0.05) is 32.2 Å². The van der Waals surface area contributed by atoms with Crippen molar-refractivity contribution in [2.75, 3.05) is 36.0 Å². The minimum atomic E-state index is -0.0489. The third-order valence-electron chi connectivity index (χ3n) is 4.78. The molecule has 0 amide bonds. The Hall–Kier alpha value is -2.41. The van der Waals surface area contributed by atoms with Crippen LogP contribution in [0.1, 0.15) is 25.5 Å². The van der Waals surface area contributed by atoms with E-state index in [-0.39, 0.29) is 11.6 Å². The van der Waals surface area contributed by atoms with E-state index in [1.165, 1.54) is 10.3 Å². The molecule has 4 rings (SSSR count). The molecule has 0 radical (unpaired) electrons. The van der Waals surface area contributed by atoms with Crippen molar-refractivity contribution in [1.82, 2.24) is 14.8 Å². The smallest absolute Gasteiger partial charge is 0.267 e. The maximum absolute atomic E-state index is 11.9. The molecular weight excluding hydrogens is 346 g/mol. The molecule has 0 spiro atoms. The lowest BCUT2D eigenvalue weighted by molar-refractivity contribution is 0.497. The number of piperazine rings is 1. The average Bonchev–Trinajstić information content (AvgIpc) is 3.08. The van der Waals surface area contributed by atoms with Gasteiger partial charge in [0.2, 0.25) is 0 Å². The average molecular weight is 369 g/mol. The fourth-order valence-electron chi connectivity index (χ4n) is 3.29. The summed E-state index contributed by atoms with van der Waals surface area (Å²) >= 11 is 1.76. The summed E-state index contributed by atoms with van der Waals surface area (Å²) in [7, 11) is 0. The molecule has 6 nitrogen and oxygen atoms in total. The van der Waals surface area contributed by atoms with Gasteiger partial charge in [0.1, 0.15) is 5.82 Å². The van der Waals surface area contributed by atoms with Crippen LogP contribution < -0.4 is 15.4 Å². The van der Waals surface area contributed by atoms with E-state index in [2.05, 4.69) is 40.0 Å². The van der Waals surface area contributed by atoms with Crippen molar-refractivity contribution in [2.45, 2.75) is 26.8 Å². The summed E-state index contributed by atoms with van der Waals surface area (Å²) in [4.78, 5) is 21.3. The highest BCUT2D eigenvalue weighted by Crippen LogP contribution is 2.31. The van der Waals surface area contributed by atoms with Gasteiger partial charge in [0.25, 0.3) is 5.56 Å². The van der Waals surface area contributed by atoms with Crippen molar-refractivity contribution >= 4 is 32.5 Å². The number of nitrogens with zero attached hydrogens (tertiary/aromatic N) is 5. The predicted molar refractivity (Wildman–Crippen MR) is 108 cm³/mol. The van der Waals surface area contributed by atoms with Crippen molar-refractivity contribution in [3.63, 3.8) is 0 Å². The summed E-state index contributed by atoms with van der Waals surface area (Å²) < 4.78 is 2.80. The molecule has 3 aromatic rings. The number of aryl methyl sites for hydroxylation is 1. The molecule has 3 heterocycles. The van der Waals surface area contributed by atoms with E-state index >= 15 is 0 Å². The minimum absolute atomic E-state index is 0.0489. The molecule has 0 unspecified atom stereocenters. The van der Waals surface area contributed by atoms with E-state index in [1.54, 1.807) is 22.1 Å². The predicted octanol–water partition coefficient (Wildman–Crippen LogP) is 3.07. The van der Waals surface area contributed by atoms with Gasteiger partial charge < -0.3 is 9.80 Å². The second-order valence-corrected chi connectivity index (χ2v) is 7.97.